The van der Waals surface area contributed by atoms with E-state index in [1.54, 1.807) is 0 Å². The molecule has 1 saturated carbocycles. The van der Waals surface area contributed by atoms with E-state index in [4.69, 9.17) is 0 Å². The molecular weight excluding hydrogens is 170 g/mol. The van der Waals surface area contributed by atoms with E-state index < -0.39 is 0 Å². The Hall–Kier alpha value is -0.850. The summed E-state index contributed by atoms with van der Waals surface area (Å²) in [6.07, 6.45) is 4.80. The SMILES string of the molecule is CC(C)[C@@H](C)c1ccc(C2CC2)cn1. The first kappa shape index (κ1) is 9.70. The fourth-order valence-corrected chi connectivity index (χ4v) is 1.69. The van der Waals surface area contributed by atoms with Crippen molar-refractivity contribution in [1.82, 2.24) is 4.98 Å². The Bertz CT molecular complexity index is 296. The smallest absolute Gasteiger partial charge is 0.0434 e. The summed E-state index contributed by atoms with van der Waals surface area (Å²) in [5, 5.41) is 0. The van der Waals surface area contributed by atoms with Gasteiger partial charge in [-0.3, -0.25) is 4.98 Å². The Labute approximate surface area is 86.6 Å². The van der Waals surface area contributed by atoms with Gasteiger partial charge in [-0.25, -0.2) is 0 Å². The van der Waals surface area contributed by atoms with Crippen molar-refractivity contribution < 1.29 is 0 Å². The van der Waals surface area contributed by atoms with E-state index >= 15 is 0 Å². The lowest BCUT2D eigenvalue weighted by Gasteiger charge is -2.14. The first-order valence-electron chi connectivity index (χ1n) is 5.64. The van der Waals surface area contributed by atoms with Crippen molar-refractivity contribution in [2.24, 2.45) is 5.92 Å². The zero-order chi connectivity index (χ0) is 10.1. The Kier molecular flexibility index (Phi) is 2.58. The highest BCUT2D eigenvalue weighted by molar-refractivity contribution is 5.23. The maximum absolute atomic E-state index is 4.56. The summed E-state index contributed by atoms with van der Waals surface area (Å²) in [5.41, 5.74) is 2.68. The van der Waals surface area contributed by atoms with Crippen LogP contribution in [0.2, 0.25) is 0 Å². The van der Waals surface area contributed by atoms with Crippen molar-refractivity contribution in [3.63, 3.8) is 0 Å². The van der Waals surface area contributed by atoms with Gasteiger partial charge in [0.05, 0.1) is 0 Å². The molecule has 76 valence electrons. The lowest BCUT2D eigenvalue weighted by atomic mass is 9.94. The third kappa shape index (κ3) is 1.97. The van der Waals surface area contributed by atoms with Gasteiger partial charge in [-0.05, 0) is 36.3 Å². The van der Waals surface area contributed by atoms with Gasteiger partial charge in [-0.1, -0.05) is 26.8 Å². The van der Waals surface area contributed by atoms with Crippen molar-refractivity contribution in [3.8, 4) is 0 Å². The largest absolute Gasteiger partial charge is 0.261 e. The molecule has 1 aromatic heterocycles. The van der Waals surface area contributed by atoms with Crippen LogP contribution in [0.4, 0.5) is 0 Å². The monoisotopic (exact) mass is 189 g/mol. The predicted molar refractivity (Wildman–Crippen MR) is 59.5 cm³/mol. The van der Waals surface area contributed by atoms with Gasteiger partial charge in [-0.15, -0.1) is 0 Å². The molecule has 1 atom stereocenters. The summed E-state index contributed by atoms with van der Waals surface area (Å²) >= 11 is 0. The highest BCUT2D eigenvalue weighted by Gasteiger charge is 2.23. The summed E-state index contributed by atoms with van der Waals surface area (Å²) in [5.74, 6) is 2.07. The summed E-state index contributed by atoms with van der Waals surface area (Å²) in [7, 11) is 0. The van der Waals surface area contributed by atoms with Gasteiger partial charge in [0.2, 0.25) is 0 Å². The Balaban J connectivity index is 2.12. The number of pyridine rings is 1. The maximum atomic E-state index is 4.56. The van der Waals surface area contributed by atoms with Crippen LogP contribution in [0.5, 0.6) is 0 Å². The van der Waals surface area contributed by atoms with Crippen LogP contribution in [0.15, 0.2) is 18.3 Å². The standard InChI is InChI=1S/C13H19N/c1-9(2)10(3)13-7-6-12(8-14-13)11-4-5-11/h6-11H,4-5H2,1-3H3/t10-/m1/s1. The van der Waals surface area contributed by atoms with E-state index in [0.717, 1.165) is 5.92 Å². The molecule has 1 aliphatic carbocycles. The van der Waals surface area contributed by atoms with Gasteiger partial charge >= 0.3 is 0 Å². The minimum Gasteiger partial charge on any atom is -0.261 e. The average Bonchev–Trinajstić information content (AvgIpc) is 3.00. The minimum absolute atomic E-state index is 0.572. The molecule has 1 heterocycles. The minimum atomic E-state index is 0.572. The Morgan fingerprint density at radius 3 is 2.36 bits per heavy atom. The van der Waals surface area contributed by atoms with E-state index in [1.807, 2.05) is 0 Å². The number of rotatable bonds is 3. The number of aromatic nitrogens is 1. The van der Waals surface area contributed by atoms with Gasteiger partial charge in [0.25, 0.3) is 0 Å². The normalized spacial score (nSPS) is 18.6. The van der Waals surface area contributed by atoms with Gasteiger partial charge < -0.3 is 0 Å². The number of nitrogens with zero attached hydrogens (tertiary/aromatic N) is 1. The molecule has 0 bridgehead atoms. The van der Waals surface area contributed by atoms with Crippen LogP contribution < -0.4 is 0 Å². The zero-order valence-corrected chi connectivity index (χ0v) is 9.33. The molecule has 1 heteroatoms. The second kappa shape index (κ2) is 3.72. The molecule has 0 N–H and O–H groups in total. The summed E-state index contributed by atoms with van der Waals surface area (Å²) in [6, 6.07) is 4.47. The van der Waals surface area contributed by atoms with Crippen LogP contribution in [-0.2, 0) is 0 Å². The molecular formula is C13H19N. The lowest BCUT2D eigenvalue weighted by Crippen LogP contribution is -2.04. The van der Waals surface area contributed by atoms with Crippen molar-refractivity contribution in [2.75, 3.05) is 0 Å². The van der Waals surface area contributed by atoms with Crippen molar-refractivity contribution >= 4 is 0 Å². The van der Waals surface area contributed by atoms with Gasteiger partial charge in [0, 0.05) is 17.8 Å². The molecule has 0 aliphatic heterocycles. The van der Waals surface area contributed by atoms with Crippen LogP contribution >= 0.6 is 0 Å². The molecule has 0 spiro atoms. The Morgan fingerprint density at radius 2 is 1.93 bits per heavy atom. The lowest BCUT2D eigenvalue weighted by molar-refractivity contribution is 0.523. The van der Waals surface area contributed by atoms with Crippen LogP contribution in [0, 0.1) is 5.92 Å². The first-order chi connectivity index (χ1) is 6.68. The predicted octanol–water partition coefficient (Wildman–Crippen LogP) is 3.72. The highest BCUT2D eigenvalue weighted by Crippen LogP contribution is 2.39. The molecule has 1 aromatic rings. The number of hydrogen-bond acceptors (Lipinski definition) is 1. The molecule has 14 heavy (non-hydrogen) atoms. The molecule has 1 nitrogen and oxygen atoms in total. The van der Waals surface area contributed by atoms with Crippen molar-refractivity contribution in [2.45, 2.75) is 45.4 Å². The molecule has 0 aromatic carbocycles. The van der Waals surface area contributed by atoms with E-state index in [-0.39, 0.29) is 0 Å². The average molecular weight is 189 g/mol. The van der Waals surface area contributed by atoms with Gasteiger partial charge in [-0.2, -0.15) is 0 Å². The maximum Gasteiger partial charge on any atom is 0.0434 e. The third-order valence-corrected chi connectivity index (χ3v) is 3.32. The summed E-state index contributed by atoms with van der Waals surface area (Å²) in [4.78, 5) is 4.56. The fourth-order valence-electron chi connectivity index (χ4n) is 1.69. The molecule has 1 aliphatic rings. The van der Waals surface area contributed by atoms with Crippen LogP contribution in [0.25, 0.3) is 0 Å². The Morgan fingerprint density at radius 1 is 1.21 bits per heavy atom. The molecule has 1 fully saturated rings. The van der Waals surface area contributed by atoms with Crippen LogP contribution in [0.1, 0.15) is 56.7 Å². The molecule has 0 unspecified atom stereocenters. The van der Waals surface area contributed by atoms with Crippen LogP contribution in [-0.4, -0.2) is 4.98 Å². The van der Waals surface area contributed by atoms with Crippen molar-refractivity contribution in [3.05, 3.63) is 29.6 Å². The second-order valence-electron chi connectivity index (χ2n) is 4.82. The summed E-state index contributed by atoms with van der Waals surface area (Å²) in [6.45, 7) is 6.76. The third-order valence-electron chi connectivity index (χ3n) is 3.32. The zero-order valence-electron chi connectivity index (χ0n) is 9.33. The molecule has 2 rings (SSSR count). The van der Waals surface area contributed by atoms with Gasteiger partial charge in [0.15, 0.2) is 0 Å². The molecule has 0 saturated heterocycles. The molecule has 0 amide bonds. The van der Waals surface area contributed by atoms with E-state index in [0.29, 0.717) is 11.8 Å². The quantitative estimate of drug-likeness (QED) is 0.706. The van der Waals surface area contributed by atoms with E-state index in [1.165, 1.54) is 24.1 Å². The van der Waals surface area contributed by atoms with Crippen molar-refractivity contribution in [1.29, 1.82) is 0 Å². The van der Waals surface area contributed by atoms with E-state index in [9.17, 15) is 0 Å². The fraction of sp³-hybridized carbons (Fsp3) is 0.615. The summed E-state index contributed by atoms with van der Waals surface area (Å²) < 4.78 is 0. The first-order valence-corrected chi connectivity index (χ1v) is 5.64. The van der Waals surface area contributed by atoms with Gasteiger partial charge in [0.1, 0.15) is 0 Å². The highest BCUT2D eigenvalue weighted by atomic mass is 14.7. The van der Waals surface area contributed by atoms with E-state index in [2.05, 4.69) is 44.1 Å². The number of hydrogen-bond donors (Lipinski definition) is 0. The topological polar surface area (TPSA) is 12.9 Å². The molecule has 0 radical (unpaired) electrons. The van der Waals surface area contributed by atoms with Crippen LogP contribution in [0.3, 0.4) is 0 Å². The second-order valence-corrected chi connectivity index (χ2v) is 4.82.